The van der Waals surface area contributed by atoms with Crippen molar-refractivity contribution in [3.8, 4) is 11.4 Å². The first-order valence-corrected chi connectivity index (χ1v) is 9.72. The van der Waals surface area contributed by atoms with Gasteiger partial charge in [-0.3, -0.25) is 24.2 Å². The summed E-state index contributed by atoms with van der Waals surface area (Å²) in [5.74, 6) is -1.06. The summed E-state index contributed by atoms with van der Waals surface area (Å²) >= 11 is 0.965. The summed E-state index contributed by atoms with van der Waals surface area (Å²) in [5, 5.41) is 6.78. The molecule has 0 bridgehead atoms. The third-order valence-electron chi connectivity index (χ3n) is 3.99. The molecule has 0 amide bonds. The average molecular weight is 418 g/mol. The predicted molar refractivity (Wildman–Crippen MR) is 107 cm³/mol. The molecule has 2 aromatic heterocycles. The van der Waals surface area contributed by atoms with Crippen LogP contribution in [0.3, 0.4) is 0 Å². The first-order chi connectivity index (χ1) is 13.8. The molecule has 11 heteroatoms. The molecule has 29 heavy (non-hydrogen) atoms. The molecule has 1 aromatic carbocycles. The van der Waals surface area contributed by atoms with Gasteiger partial charge < -0.3 is 5.73 Å². The zero-order chi connectivity index (χ0) is 21.1. The van der Waals surface area contributed by atoms with Crippen LogP contribution in [0.25, 0.3) is 11.4 Å². The maximum atomic E-state index is 13.8. The minimum absolute atomic E-state index is 0.0864. The molecule has 0 saturated carbocycles. The van der Waals surface area contributed by atoms with Crippen LogP contribution in [0.15, 0.2) is 39.0 Å². The minimum Gasteiger partial charge on any atom is -0.384 e. The maximum absolute atomic E-state index is 13.8. The molecule has 3 rings (SSSR count). The molecule has 4 N–H and O–H groups in total. The third kappa shape index (κ3) is 4.45. The van der Waals surface area contributed by atoms with Gasteiger partial charge in [-0.2, -0.15) is 0 Å². The summed E-state index contributed by atoms with van der Waals surface area (Å²) in [4.78, 5) is 43.0. The van der Waals surface area contributed by atoms with E-state index in [1.807, 2.05) is 13.8 Å². The van der Waals surface area contributed by atoms with Crippen molar-refractivity contribution in [2.45, 2.75) is 25.5 Å². The zero-order valence-electron chi connectivity index (χ0n) is 15.7. The third-order valence-corrected chi connectivity index (χ3v) is 4.84. The number of H-pyrrole nitrogens is 2. The Hall–Kier alpha value is -3.21. The van der Waals surface area contributed by atoms with E-state index in [1.165, 1.54) is 10.6 Å². The van der Waals surface area contributed by atoms with Crippen LogP contribution in [-0.2, 0) is 6.54 Å². The fraction of sp³-hybridized carbons (Fsp3) is 0.278. The second kappa shape index (κ2) is 8.43. The quantitative estimate of drug-likeness (QED) is 0.392. The van der Waals surface area contributed by atoms with E-state index in [4.69, 9.17) is 5.73 Å². The highest BCUT2D eigenvalue weighted by molar-refractivity contribution is 7.99. The summed E-state index contributed by atoms with van der Waals surface area (Å²) in [5.41, 5.74) is 4.42. The van der Waals surface area contributed by atoms with Crippen LogP contribution in [-0.4, -0.2) is 36.3 Å². The normalized spacial score (nSPS) is 11.2. The number of benzene rings is 1. The summed E-state index contributed by atoms with van der Waals surface area (Å²) in [7, 11) is 0. The molecule has 3 aromatic rings. The summed E-state index contributed by atoms with van der Waals surface area (Å²) in [6, 6.07) is 6.07. The van der Waals surface area contributed by atoms with Gasteiger partial charge in [0.15, 0.2) is 11.6 Å². The number of hydrogen-bond donors (Lipinski definition) is 3. The number of anilines is 1. The number of nitrogen functional groups attached to an aromatic ring is 1. The van der Waals surface area contributed by atoms with Crippen LogP contribution >= 0.6 is 11.8 Å². The molecule has 9 nitrogen and oxygen atoms in total. The van der Waals surface area contributed by atoms with E-state index in [0.29, 0.717) is 0 Å². The lowest BCUT2D eigenvalue weighted by atomic mass is 10.2. The second-order valence-electron chi connectivity index (χ2n) is 6.68. The van der Waals surface area contributed by atoms with Gasteiger partial charge in [-0.15, -0.1) is 5.10 Å². The molecule has 152 valence electrons. The Morgan fingerprint density at radius 3 is 2.72 bits per heavy atom. The molecule has 0 aliphatic rings. The summed E-state index contributed by atoms with van der Waals surface area (Å²) < 4.78 is 15.0. The molecule has 0 spiro atoms. The number of Topliss-reactive ketones (excluding diaryl/α,β-unsaturated/α-hetero) is 1. The van der Waals surface area contributed by atoms with Crippen molar-refractivity contribution in [2.24, 2.45) is 5.92 Å². The lowest BCUT2D eigenvalue weighted by molar-refractivity contribution is 0.102. The van der Waals surface area contributed by atoms with Gasteiger partial charge in [0.1, 0.15) is 17.2 Å². The van der Waals surface area contributed by atoms with Crippen molar-refractivity contribution >= 4 is 23.4 Å². The number of thioether (sulfide) groups is 1. The molecule has 0 aliphatic heterocycles. The Morgan fingerprint density at radius 2 is 2.03 bits per heavy atom. The van der Waals surface area contributed by atoms with Gasteiger partial charge >= 0.3 is 5.69 Å². The monoisotopic (exact) mass is 418 g/mol. The predicted octanol–water partition coefficient (Wildman–Crippen LogP) is 1.67. The smallest absolute Gasteiger partial charge is 0.329 e. The number of nitrogens with zero attached hydrogens (tertiary/aromatic N) is 3. The molecule has 0 unspecified atom stereocenters. The van der Waals surface area contributed by atoms with Crippen molar-refractivity contribution in [2.75, 3.05) is 11.5 Å². The van der Waals surface area contributed by atoms with E-state index in [9.17, 15) is 18.8 Å². The lowest BCUT2D eigenvalue weighted by Gasteiger charge is -2.13. The van der Waals surface area contributed by atoms with E-state index in [1.54, 1.807) is 18.2 Å². The highest BCUT2D eigenvalue weighted by Crippen LogP contribution is 2.22. The number of nitrogens with one attached hydrogen (secondary N) is 2. The summed E-state index contributed by atoms with van der Waals surface area (Å²) in [6.45, 7) is 4.03. The van der Waals surface area contributed by atoms with E-state index in [2.05, 4.69) is 20.2 Å². The highest BCUT2D eigenvalue weighted by Gasteiger charge is 2.21. The Bertz CT molecular complexity index is 1170. The van der Waals surface area contributed by atoms with Crippen LogP contribution in [0.4, 0.5) is 10.2 Å². The van der Waals surface area contributed by atoms with Crippen molar-refractivity contribution in [1.82, 2.24) is 24.7 Å². The van der Waals surface area contributed by atoms with Crippen LogP contribution in [0.2, 0.25) is 0 Å². The van der Waals surface area contributed by atoms with Crippen LogP contribution in [0.5, 0.6) is 0 Å². The number of nitrogens with two attached hydrogens (primary N) is 1. The first kappa shape index (κ1) is 20.5. The van der Waals surface area contributed by atoms with Gasteiger partial charge in [0.2, 0.25) is 5.16 Å². The molecular formula is C18H19FN6O3S. The zero-order valence-corrected chi connectivity index (χ0v) is 16.5. The SMILES string of the molecule is CC(C)Cn1c(N)c(C(=O)CSc2n[nH]c(-c3ccccc3F)n2)c(=O)[nH]c1=O. The van der Waals surface area contributed by atoms with E-state index in [-0.39, 0.29) is 46.1 Å². The lowest BCUT2D eigenvalue weighted by Crippen LogP contribution is -2.37. The Balaban J connectivity index is 1.79. The summed E-state index contributed by atoms with van der Waals surface area (Å²) in [6.07, 6.45) is 0. The number of halogens is 1. The molecule has 2 heterocycles. The number of aromatic nitrogens is 5. The van der Waals surface area contributed by atoms with Gasteiger partial charge in [0.05, 0.1) is 11.3 Å². The van der Waals surface area contributed by atoms with Crippen LogP contribution < -0.4 is 17.0 Å². The molecule has 0 radical (unpaired) electrons. The standard InChI is InChI=1S/C18H19FN6O3S/c1-9(2)7-25-14(20)13(16(27)22-18(25)28)12(26)8-29-17-21-15(23-24-17)10-5-3-4-6-11(10)19/h3-6,9H,7-8,20H2,1-2H3,(H,21,23,24)(H,22,27,28). The number of rotatable bonds is 7. The molecule has 0 fully saturated rings. The van der Waals surface area contributed by atoms with E-state index >= 15 is 0 Å². The topological polar surface area (TPSA) is 140 Å². The second-order valence-corrected chi connectivity index (χ2v) is 7.62. The average Bonchev–Trinajstić information content (AvgIpc) is 3.12. The van der Waals surface area contributed by atoms with Crippen molar-refractivity contribution in [3.05, 3.63) is 56.5 Å². The fourth-order valence-electron chi connectivity index (χ4n) is 2.69. The van der Waals surface area contributed by atoms with Gasteiger partial charge in [-0.05, 0) is 18.1 Å². The Labute approximate surface area is 168 Å². The number of aromatic amines is 2. The number of hydrogen-bond acceptors (Lipinski definition) is 7. The van der Waals surface area contributed by atoms with Crippen molar-refractivity contribution in [3.63, 3.8) is 0 Å². The largest absolute Gasteiger partial charge is 0.384 e. The maximum Gasteiger partial charge on any atom is 0.329 e. The molecular weight excluding hydrogens is 399 g/mol. The fourth-order valence-corrected chi connectivity index (χ4v) is 3.36. The Morgan fingerprint density at radius 1 is 1.31 bits per heavy atom. The van der Waals surface area contributed by atoms with Crippen molar-refractivity contribution in [1.29, 1.82) is 0 Å². The number of carbonyl (C=O) groups is 1. The minimum atomic E-state index is -0.833. The van der Waals surface area contributed by atoms with Gasteiger partial charge in [-0.1, -0.05) is 37.7 Å². The number of ketones is 1. The van der Waals surface area contributed by atoms with Crippen molar-refractivity contribution < 1.29 is 9.18 Å². The highest BCUT2D eigenvalue weighted by atomic mass is 32.2. The number of carbonyl (C=O) groups excluding carboxylic acids is 1. The van der Waals surface area contributed by atoms with Gasteiger partial charge in [-0.25, -0.2) is 14.2 Å². The van der Waals surface area contributed by atoms with E-state index in [0.717, 1.165) is 11.8 Å². The van der Waals surface area contributed by atoms with Gasteiger partial charge in [0.25, 0.3) is 5.56 Å². The van der Waals surface area contributed by atoms with Gasteiger partial charge in [0, 0.05) is 6.54 Å². The van der Waals surface area contributed by atoms with Crippen LogP contribution in [0.1, 0.15) is 24.2 Å². The molecule has 0 atom stereocenters. The Kier molecular flexibility index (Phi) is 5.97. The van der Waals surface area contributed by atoms with Crippen LogP contribution in [0, 0.1) is 11.7 Å². The molecule has 0 aliphatic carbocycles. The molecule has 0 saturated heterocycles. The van der Waals surface area contributed by atoms with E-state index < -0.39 is 22.8 Å². The first-order valence-electron chi connectivity index (χ1n) is 8.73.